The van der Waals surface area contributed by atoms with Crippen LogP contribution >= 0.6 is 34.8 Å². The molecular weight excluding hydrogens is 357 g/mol. The molecule has 4 nitrogen and oxygen atoms in total. The number of hydrogen-bond donors (Lipinski definition) is 2. The first kappa shape index (κ1) is 15.9. The smallest absolute Gasteiger partial charge is 0.221 e. The van der Waals surface area contributed by atoms with Gasteiger partial charge in [-0.15, -0.1) is 0 Å². The summed E-state index contributed by atoms with van der Waals surface area (Å²) in [7, 11) is 0. The van der Waals surface area contributed by atoms with Gasteiger partial charge in [0.05, 0.1) is 16.4 Å². The third-order valence-electron chi connectivity index (χ3n) is 3.20. The number of nitrogen functional groups attached to an aromatic ring is 1. The molecule has 0 radical (unpaired) electrons. The second-order valence-electron chi connectivity index (χ2n) is 4.76. The molecule has 2 aromatic carbocycles. The Labute approximate surface area is 147 Å². The number of nitrogens with two attached hydrogens (primary N) is 1. The molecule has 0 amide bonds. The molecule has 0 aliphatic carbocycles. The number of nitrogens with zero attached hydrogens (tertiary/aromatic N) is 2. The van der Waals surface area contributed by atoms with Gasteiger partial charge in [0.15, 0.2) is 0 Å². The van der Waals surface area contributed by atoms with E-state index in [4.69, 9.17) is 40.5 Å². The Kier molecular flexibility index (Phi) is 4.31. The summed E-state index contributed by atoms with van der Waals surface area (Å²) in [5.74, 6) is -0.0767. The second-order valence-corrected chi connectivity index (χ2v) is 6.01. The molecule has 0 saturated carbocycles. The number of benzene rings is 2. The van der Waals surface area contributed by atoms with Crippen molar-refractivity contribution in [2.45, 2.75) is 0 Å². The van der Waals surface area contributed by atoms with Gasteiger partial charge in [0.1, 0.15) is 5.75 Å². The molecule has 116 valence electrons. The Balaban J connectivity index is 2.22. The van der Waals surface area contributed by atoms with Gasteiger partial charge in [-0.1, -0.05) is 53.0 Å². The Morgan fingerprint density at radius 3 is 2.17 bits per heavy atom. The van der Waals surface area contributed by atoms with Crippen LogP contribution in [0.5, 0.6) is 5.75 Å². The van der Waals surface area contributed by atoms with Crippen LogP contribution in [0.3, 0.4) is 0 Å². The van der Waals surface area contributed by atoms with E-state index in [1.807, 2.05) is 18.2 Å². The first-order valence-corrected chi connectivity index (χ1v) is 7.67. The summed E-state index contributed by atoms with van der Waals surface area (Å²) in [6.07, 6.45) is 0. The first-order valence-electron chi connectivity index (χ1n) is 6.53. The molecule has 0 unspecified atom stereocenters. The molecule has 0 bridgehead atoms. The van der Waals surface area contributed by atoms with E-state index < -0.39 is 0 Å². The minimum absolute atomic E-state index is 0.0490. The van der Waals surface area contributed by atoms with Crippen LogP contribution in [-0.4, -0.2) is 15.1 Å². The zero-order valence-corrected chi connectivity index (χ0v) is 13.9. The maximum absolute atomic E-state index is 10.2. The van der Waals surface area contributed by atoms with E-state index in [1.165, 1.54) is 6.07 Å². The van der Waals surface area contributed by atoms with Crippen LogP contribution in [0, 0.1) is 0 Å². The third-order valence-corrected chi connectivity index (χ3v) is 4.03. The lowest BCUT2D eigenvalue weighted by molar-refractivity contribution is 0.477. The molecule has 23 heavy (non-hydrogen) atoms. The van der Waals surface area contributed by atoms with Crippen molar-refractivity contribution in [2.75, 3.05) is 5.73 Å². The van der Waals surface area contributed by atoms with Crippen LogP contribution in [0.1, 0.15) is 0 Å². The maximum Gasteiger partial charge on any atom is 0.221 e. The van der Waals surface area contributed by atoms with Crippen molar-refractivity contribution in [1.82, 2.24) is 9.97 Å². The van der Waals surface area contributed by atoms with Crippen molar-refractivity contribution in [2.24, 2.45) is 0 Å². The lowest BCUT2D eigenvalue weighted by Gasteiger charge is -2.10. The lowest BCUT2D eigenvalue weighted by atomic mass is 10.1. The largest absolute Gasteiger partial charge is 0.506 e. The monoisotopic (exact) mass is 365 g/mol. The van der Waals surface area contributed by atoms with Gasteiger partial charge in [0.2, 0.25) is 5.95 Å². The average molecular weight is 367 g/mol. The number of phenols is 1. The minimum atomic E-state index is -0.126. The molecule has 3 aromatic rings. The summed E-state index contributed by atoms with van der Waals surface area (Å²) < 4.78 is 0. The number of aromatic nitrogens is 2. The van der Waals surface area contributed by atoms with Crippen LogP contribution in [0.2, 0.25) is 15.1 Å². The number of halogens is 3. The average Bonchev–Trinajstić information content (AvgIpc) is 2.50. The summed E-state index contributed by atoms with van der Waals surface area (Å²) in [5, 5.41) is 11.2. The first-order chi connectivity index (χ1) is 11.0. The van der Waals surface area contributed by atoms with Gasteiger partial charge in [-0.3, -0.25) is 0 Å². The van der Waals surface area contributed by atoms with E-state index in [2.05, 4.69) is 9.97 Å². The molecule has 3 N–H and O–H groups in total. The molecule has 0 spiro atoms. The van der Waals surface area contributed by atoms with Gasteiger partial charge in [-0.05, 0) is 24.3 Å². The fourth-order valence-electron chi connectivity index (χ4n) is 2.17. The van der Waals surface area contributed by atoms with E-state index in [-0.39, 0.29) is 16.7 Å². The summed E-state index contributed by atoms with van der Waals surface area (Å²) in [4.78, 5) is 8.35. The highest BCUT2D eigenvalue weighted by molar-refractivity contribution is 6.36. The van der Waals surface area contributed by atoms with Gasteiger partial charge in [0.25, 0.3) is 0 Å². The van der Waals surface area contributed by atoms with Crippen molar-refractivity contribution < 1.29 is 5.11 Å². The van der Waals surface area contributed by atoms with Crippen LogP contribution in [0.25, 0.3) is 22.5 Å². The zero-order chi connectivity index (χ0) is 16.6. The Morgan fingerprint density at radius 1 is 0.826 bits per heavy atom. The molecule has 1 aromatic heterocycles. The molecule has 0 saturated heterocycles. The van der Waals surface area contributed by atoms with Gasteiger partial charge >= 0.3 is 0 Å². The third kappa shape index (κ3) is 3.20. The molecule has 7 heteroatoms. The van der Waals surface area contributed by atoms with Crippen molar-refractivity contribution in [3.63, 3.8) is 0 Å². The summed E-state index contributed by atoms with van der Waals surface area (Å²) in [5.41, 5.74) is 7.80. The number of hydrogen-bond acceptors (Lipinski definition) is 4. The van der Waals surface area contributed by atoms with Crippen molar-refractivity contribution in [1.29, 1.82) is 0 Å². The predicted octanol–water partition coefficient (Wildman–Crippen LogP) is 5.06. The zero-order valence-electron chi connectivity index (χ0n) is 11.6. The molecule has 0 atom stereocenters. The summed E-state index contributed by atoms with van der Waals surface area (Å²) in [6.45, 7) is 0. The van der Waals surface area contributed by atoms with Gasteiger partial charge in [0, 0.05) is 21.2 Å². The number of anilines is 1. The Bertz CT molecular complexity index is 900. The van der Waals surface area contributed by atoms with E-state index in [0.717, 1.165) is 0 Å². The Hall–Kier alpha value is -2.01. The lowest BCUT2D eigenvalue weighted by Crippen LogP contribution is -1.99. The molecule has 1 heterocycles. The summed E-state index contributed by atoms with van der Waals surface area (Å²) in [6, 6.07) is 11.9. The van der Waals surface area contributed by atoms with E-state index >= 15 is 0 Å². The Morgan fingerprint density at radius 2 is 1.48 bits per heavy atom. The van der Waals surface area contributed by atoms with Crippen molar-refractivity contribution in [3.8, 4) is 28.3 Å². The molecular formula is C16H10Cl3N3O. The molecule has 0 aliphatic rings. The summed E-state index contributed by atoms with van der Waals surface area (Å²) >= 11 is 18.2. The molecule has 0 aliphatic heterocycles. The van der Waals surface area contributed by atoms with Crippen molar-refractivity contribution >= 4 is 40.8 Å². The van der Waals surface area contributed by atoms with E-state index in [0.29, 0.717) is 32.6 Å². The van der Waals surface area contributed by atoms with Crippen LogP contribution < -0.4 is 5.73 Å². The normalized spacial score (nSPS) is 10.7. The molecule has 0 fully saturated rings. The molecule has 3 rings (SSSR count). The quantitative estimate of drug-likeness (QED) is 0.665. The fourth-order valence-corrected chi connectivity index (χ4v) is 2.90. The fraction of sp³-hybridized carbons (Fsp3) is 0. The van der Waals surface area contributed by atoms with Crippen LogP contribution in [0.15, 0.2) is 42.5 Å². The number of phenolic OH excluding ortho intramolecular Hbond substituents is 1. The standard InChI is InChI=1S/C16H10Cl3N3O/c17-8-5-10(15(23)12(19)6-8)14-7-13(21-16(20)22-14)9-3-1-2-4-11(9)18/h1-7,23H,(H2,20,21,22). The maximum atomic E-state index is 10.2. The number of aromatic hydroxyl groups is 1. The van der Waals surface area contributed by atoms with Gasteiger partial charge < -0.3 is 10.8 Å². The second kappa shape index (κ2) is 6.24. The van der Waals surface area contributed by atoms with E-state index in [9.17, 15) is 5.11 Å². The van der Waals surface area contributed by atoms with Gasteiger partial charge in [-0.25, -0.2) is 9.97 Å². The van der Waals surface area contributed by atoms with Crippen LogP contribution in [-0.2, 0) is 0 Å². The van der Waals surface area contributed by atoms with Crippen LogP contribution in [0.4, 0.5) is 5.95 Å². The van der Waals surface area contributed by atoms with Gasteiger partial charge in [-0.2, -0.15) is 0 Å². The SMILES string of the molecule is Nc1nc(-c2ccccc2Cl)cc(-c2cc(Cl)cc(Cl)c2O)n1. The van der Waals surface area contributed by atoms with E-state index in [1.54, 1.807) is 18.2 Å². The topological polar surface area (TPSA) is 72.0 Å². The minimum Gasteiger partial charge on any atom is -0.506 e. The highest BCUT2D eigenvalue weighted by Gasteiger charge is 2.15. The highest BCUT2D eigenvalue weighted by Crippen LogP contribution is 2.38. The highest BCUT2D eigenvalue weighted by atomic mass is 35.5. The predicted molar refractivity (Wildman–Crippen MR) is 94.0 cm³/mol. The van der Waals surface area contributed by atoms with Crippen molar-refractivity contribution in [3.05, 3.63) is 57.5 Å². The number of rotatable bonds is 2.